The molecule has 1 amide bonds. The summed E-state index contributed by atoms with van der Waals surface area (Å²) in [5, 5.41) is 2.84. The highest BCUT2D eigenvalue weighted by Gasteiger charge is 2.45. The summed E-state index contributed by atoms with van der Waals surface area (Å²) in [4.78, 5) is 13.8. The van der Waals surface area contributed by atoms with E-state index < -0.39 is 0 Å². The van der Waals surface area contributed by atoms with Gasteiger partial charge in [0.15, 0.2) is 0 Å². The Morgan fingerprint density at radius 1 is 1.14 bits per heavy atom. The number of anilines is 1. The zero-order chi connectivity index (χ0) is 20.1. The third-order valence-electron chi connectivity index (χ3n) is 6.51. The summed E-state index contributed by atoms with van der Waals surface area (Å²) in [5.41, 5.74) is 3.85. The van der Waals surface area contributed by atoms with E-state index in [0.29, 0.717) is 6.10 Å². The second kappa shape index (κ2) is 9.10. The molecule has 0 radical (unpaired) electrons. The van der Waals surface area contributed by atoms with Crippen LogP contribution in [-0.2, 0) is 22.5 Å². The number of nitrogens with one attached hydrogen (secondary N) is 1. The maximum Gasteiger partial charge on any atom is 0.221 e. The molecule has 2 unspecified atom stereocenters. The average molecular weight is 393 g/mol. The summed E-state index contributed by atoms with van der Waals surface area (Å²) in [6.07, 6.45) is 6.34. The van der Waals surface area contributed by atoms with Crippen LogP contribution in [0.2, 0.25) is 0 Å². The maximum atomic E-state index is 11.2. The Morgan fingerprint density at radius 3 is 2.62 bits per heavy atom. The van der Waals surface area contributed by atoms with Crippen molar-refractivity contribution in [3.8, 4) is 0 Å². The van der Waals surface area contributed by atoms with Gasteiger partial charge in [-0.15, -0.1) is 0 Å². The number of ether oxygens (including phenoxy) is 1. The van der Waals surface area contributed by atoms with Crippen LogP contribution in [0.1, 0.15) is 43.7 Å². The van der Waals surface area contributed by atoms with Crippen LogP contribution < -0.4 is 5.32 Å². The van der Waals surface area contributed by atoms with Gasteiger partial charge in [0.05, 0.1) is 6.10 Å². The number of rotatable bonds is 7. The van der Waals surface area contributed by atoms with Crippen molar-refractivity contribution >= 4 is 11.6 Å². The topological polar surface area (TPSA) is 41.6 Å². The Balaban J connectivity index is 1.41. The van der Waals surface area contributed by atoms with Crippen LogP contribution in [0, 0.1) is 5.41 Å². The van der Waals surface area contributed by atoms with Crippen molar-refractivity contribution in [2.45, 2.75) is 51.7 Å². The predicted octanol–water partition coefficient (Wildman–Crippen LogP) is 4.65. The van der Waals surface area contributed by atoms with Crippen molar-refractivity contribution in [2.75, 3.05) is 25.0 Å². The number of hydrogen-bond donors (Lipinski definition) is 1. The fourth-order valence-electron chi connectivity index (χ4n) is 5.00. The smallest absolute Gasteiger partial charge is 0.221 e. The molecular weight excluding hydrogens is 360 g/mol. The van der Waals surface area contributed by atoms with Crippen molar-refractivity contribution in [1.29, 1.82) is 0 Å². The van der Waals surface area contributed by atoms with E-state index in [1.54, 1.807) is 0 Å². The zero-order valence-electron chi connectivity index (χ0n) is 17.4. The molecule has 2 fully saturated rings. The lowest BCUT2D eigenvalue weighted by Crippen LogP contribution is -2.38. The molecule has 154 valence electrons. The highest BCUT2D eigenvalue weighted by atomic mass is 16.5. The van der Waals surface area contributed by atoms with Crippen LogP contribution in [0.4, 0.5) is 5.69 Å². The highest BCUT2D eigenvalue weighted by molar-refractivity contribution is 5.88. The first-order chi connectivity index (χ1) is 14.1. The van der Waals surface area contributed by atoms with Gasteiger partial charge in [0.25, 0.3) is 0 Å². The molecule has 0 aromatic heterocycles. The van der Waals surface area contributed by atoms with Gasteiger partial charge in [-0.1, -0.05) is 42.5 Å². The molecule has 2 aliphatic rings. The van der Waals surface area contributed by atoms with E-state index >= 15 is 0 Å². The molecule has 0 bridgehead atoms. The van der Waals surface area contributed by atoms with Gasteiger partial charge in [0.2, 0.25) is 5.91 Å². The number of carbonyl (C=O) groups excluding carboxylic acids is 1. The maximum absolute atomic E-state index is 11.2. The van der Waals surface area contributed by atoms with Gasteiger partial charge in [-0.3, -0.25) is 9.69 Å². The number of carbonyl (C=O) groups is 1. The van der Waals surface area contributed by atoms with E-state index in [9.17, 15) is 4.79 Å². The van der Waals surface area contributed by atoms with Gasteiger partial charge in [0, 0.05) is 37.7 Å². The van der Waals surface area contributed by atoms with Crippen LogP contribution >= 0.6 is 0 Å². The van der Waals surface area contributed by atoms with Gasteiger partial charge >= 0.3 is 0 Å². The molecule has 2 saturated heterocycles. The van der Waals surface area contributed by atoms with Gasteiger partial charge < -0.3 is 10.1 Å². The van der Waals surface area contributed by atoms with Crippen LogP contribution in [0.25, 0.3) is 0 Å². The largest absolute Gasteiger partial charge is 0.378 e. The summed E-state index contributed by atoms with van der Waals surface area (Å²) in [6.45, 7) is 5.65. The van der Waals surface area contributed by atoms with E-state index in [0.717, 1.165) is 38.3 Å². The molecule has 29 heavy (non-hydrogen) atoms. The number of aryl methyl sites for hydroxylation is 1. The monoisotopic (exact) mass is 392 g/mol. The fourth-order valence-corrected chi connectivity index (χ4v) is 5.00. The SMILES string of the molecule is CC(=O)Nc1ccc(CN2CCC(CCc3ccccc3)(C3CCCO3)C2)cc1. The zero-order valence-corrected chi connectivity index (χ0v) is 17.4. The molecule has 2 heterocycles. The van der Waals surface area contributed by atoms with Crippen molar-refractivity contribution in [1.82, 2.24) is 4.90 Å². The molecule has 2 aliphatic heterocycles. The first-order valence-electron chi connectivity index (χ1n) is 10.9. The molecule has 0 aliphatic carbocycles. The first-order valence-corrected chi connectivity index (χ1v) is 10.9. The Bertz CT molecular complexity index is 799. The molecule has 2 atom stereocenters. The standard InChI is InChI=1S/C25H32N2O2/c1-20(28)26-23-11-9-22(10-12-23)18-27-16-15-25(19-27,24-8-5-17-29-24)14-13-21-6-3-2-4-7-21/h2-4,6-7,9-12,24H,5,8,13-19H2,1H3,(H,26,28). The first kappa shape index (κ1) is 20.1. The second-order valence-corrected chi connectivity index (χ2v) is 8.69. The summed E-state index contributed by atoms with van der Waals surface area (Å²) >= 11 is 0. The third-order valence-corrected chi connectivity index (χ3v) is 6.51. The van der Waals surface area contributed by atoms with E-state index in [-0.39, 0.29) is 11.3 Å². The second-order valence-electron chi connectivity index (χ2n) is 8.69. The van der Waals surface area contributed by atoms with Crippen LogP contribution in [-0.4, -0.2) is 36.6 Å². The van der Waals surface area contributed by atoms with E-state index in [2.05, 4.69) is 52.7 Å². The van der Waals surface area contributed by atoms with Crippen molar-refractivity contribution < 1.29 is 9.53 Å². The van der Waals surface area contributed by atoms with E-state index in [1.165, 1.54) is 43.7 Å². The molecular formula is C25H32N2O2. The van der Waals surface area contributed by atoms with Gasteiger partial charge in [0.1, 0.15) is 0 Å². The minimum atomic E-state index is -0.0305. The number of amides is 1. The van der Waals surface area contributed by atoms with Gasteiger partial charge in [-0.05, 0) is 61.9 Å². The normalized spacial score (nSPS) is 24.7. The molecule has 4 rings (SSSR count). The minimum absolute atomic E-state index is 0.0305. The van der Waals surface area contributed by atoms with Crippen molar-refractivity contribution in [3.05, 3.63) is 65.7 Å². The minimum Gasteiger partial charge on any atom is -0.378 e. The summed E-state index contributed by atoms with van der Waals surface area (Å²) < 4.78 is 6.21. The molecule has 2 aromatic carbocycles. The van der Waals surface area contributed by atoms with Crippen molar-refractivity contribution in [2.24, 2.45) is 5.41 Å². The lowest BCUT2D eigenvalue weighted by Gasteiger charge is -2.35. The highest BCUT2D eigenvalue weighted by Crippen LogP contribution is 2.44. The number of nitrogens with zero attached hydrogens (tertiary/aromatic N) is 1. The molecule has 0 saturated carbocycles. The number of likely N-dealkylation sites (tertiary alicyclic amines) is 1. The van der Waals surface area contributed by atoms with Crippen LogP contribution in [0.15, 0.2) is 54.6 Å². The van der Waals surface area contributed by atoms with Crippen LogP contribution in [0.3, 0.4) is 0 Å². The van der Waals surface area contributed by atoms with Crippen molar-refractivity contribution in [3.63, 3.8) is 0 Å². The Kier molecular flexibility index (Phi) is 6.31. The Labute approximate surface area is 174 Å². The van der Waals surface area contributed by atoms with Gasteiger partial charge in [-0.2, -0.15) is 0 Å². The van der Waals surface area contributed by atoms with Gasteiger partial charge in [-0.25, -0.2) is 0 Å². The van der Waals surface area contributed by atoms with Crippen LogP contribution in [0.5, 0.6) is 0 Å². The van der Waals surface area contributed by atoms with E-state index in [4.69, 9.17) is 4.74 Å². The third kappa shape index (κ3) is 5.06. The summed E-state index contributed by atoms with van der Waals surface area (Å²) in [6, 6.07) is 19.1. The summed E-state index contributed by atoms with van der Waals surface area (Å²) in [7, 11) is 0. The Hall–Kier alpha value is -2.17. The summed E-state index contributed by atoms with van der Waals surface area (Å²) in [5.74, 6) is -0.0305. The fraction of sp³-hybridized carbons (Fsp3) is 0.480. The Morgan fingerprint density at radius 2 is 1.93 bits per heavy atom. The number of benzene rings is 2. The lowest BCUT2D eigenvalue weighted by molar-refractivity contribution is -0.114. The molecule has 4 heteroatoms. The quantitative estimate of drug-likeness (QED) is 0.746. The molecule has 1 N–H and O–H groups in total. The molecule has 4 nitrogen and oxygen atoms in total. The average Bonchev–Trinajstić information content (AvgIpc) is 3.40. The lowest BCUT2D eigenvalue weighted by atomic mass is 9.75. The predicted molar refractivity (Wildman–Crippen MR) is 117 cm³/mol. The molecule has 0 spiro atoms. The number of hydrogen-bond acceptors (Lipinski definition) is 3. The van der Waals surface area contributed by atoms with E-state index in [1.807, 2.05) is 12.1 Å². The molecule has 2 aromatic rings.